The molecule has 1 heterocycles. The molecule has 2 fully saturated rings. The summed E-state index contributed by atoms with van der Waals surface area (Å²) < 4.78 is 11.2. The van der Waals surface area contributed by atoms with Crippen LogP contribution < -0.4 is 5.73 Å². The van der Waals surface area contributed by atoms with Crippen LogP contribution in [0.4, 0.5) is 0 Å². The molecule has 1 saturated carbocycles. The second-order valence-electron chi connectivity index (χ2n) is 4.50. The monoisotopic (exact) mass is 199 g/mol. The van der Waals surface area contributed by atoms with Gasteiger partial charge < -0.3 is 15.2 Å². The third-order valence-corrected chi connectivity index (χ3v) is 3.18. The zero-order valence-corrected chi connectivity index (χ0v) is 8.78. The van der Waals surface area contributed by atoms with E-state index in [0.29, 0.717) is 18.2 Å². The van der Waals surface area contributed by atoms with Crippen molar-refractivity contribution in [1.29, 1.82) is 0 Å². The summed E-state index contributed by atoms with van der Waals surface area (Å²) in [6, 6.07) is 0.401. The van der Waals surface area contributed by atoms with E-state index in [4.69, 9.17) is 15.2 Å². The Bertz CT molecular complexity index is 163. The van der Waals surface area contributed by atoms with E-state index in [2.05, 4.69) is 0 Å². The minimum Gasteiger partial charge on any atom is -0.378 e. The van der Waals surface area contributed by atoms with Crippen LogP contribution >= 0.6 is 0 Å². The van der Waals surface area contributed by atoms with E-state index in [0.717, 1.165) is 32.5 Å². The van der Waals surface area contributed by atoms with Gasteiger partial charge in [0, 0.05) is 19.3 Å². The summed E-state index contributed by atoms with van der Waals surface area (Å²) in [5, 5.41) is 0. The molecule has 14 heavy (non-hydrogen) atoms. The first-order valence-corrected chi connectivity index (χ1v) is 5.83. The first kappa shape index (κ1) is 10.4. The maximum atomic E-state index is 5.67. The van der Waals surface area contributed by atoms with Crippen molar-refractivity contribution in [2.75, 3.05) is 13.2 Å². The fraction of sp³-hybridized carbons (Fsp3) is 1.00. The van der Waals surface area contributed by atoms with Gasteiger partial charge in [0.2, 0.25) is 0 Å². The van der Waals surface area contributed by atoms with E-state index in [-0.39, 0.29) is 0 Å². The van der Waals surface area contributed by atoms with Gasteiger partial charge in [-0.25, -0.2) is 0 Å². The molecule has 0 aromatic carbocycles. The molecule has 0 bridgehead atoms. The molecule has 0 spiro atoms. The van der Waals surface area contributed by atoms with Crippen molar-refractivity contribution < 1.29 is 9.47 Å². The van der Waals surface area contributed by atoms with Gasteiger partial charge in [-0.05, 0) is 38.5 Å². The fourth-order valence-electron chi connectivity index (χ4n) is 2.18. The molecule has 0 amide bonds. The van der Waals surface area contributed by atoms with Crippen molar-refractivity contribution in [2.45, 2.75) is 56.8 Å². The van der Waals surface area contributed by atoms with E-state index >= 15 is 0 Å². The molecule has 2 rings (SSSR count). The molecule has 1 saturated heterocycles. The highest BCUT2D eigenvalue weighted by molar-refractivity contribution is 4.82. The number of hydrogen-bond acceptors (Lipinski definition) is 3. The van der Waals surface area contributed by atoms with Crippen molar-refractivity contribution in [3.63, 3.8) is 0 Å². The normalized spacial score (nSPS) is 37.1. The first-order chi connectivity index (χ1) is 6.84. The van der Waals surface area contributed by atoms with Gasteiger partial charge in [0.25, 0.3) is 0 Å². The van der Waals surface area contributed by atoms with Crippen molar-refractivity contribution in [3.05, 3.63) is 0 Å². The van der Waals surface area contributed by atoms with Crippen LogP contribution in [0.25, 0.3) is 0 Å². The lowest BCUT2D eigenvalue weighted by Gasteiger charge is -2.32. The number of rotatable bonds is 5. The predicted molar refractivity (Wildman–Crippen MR) is 55.2 cm³/mol. The van der Waals surface area contributed by atoms with Gasteiger partial charge in [-0.1, -0.05) is 0 Å². The second-order valence-corrected chi connectivity index (χ2v) is 4.50. The highest BCUT2D eigenvalue weighted by Gasteiger charge is 2.26. The van der Waals surface area contributed by atoms with E-state index < -0.39 is 0 Å². The van der Waals surface area contributed by atoms with Crippen molar-refractivity contribution >= 4 is 0 Å². The quantitative estimate of drug-likeness (QED) is 0.682. The molecular formula is C11H21NO2. The van der Waals surface area contributed by atoms with Crippen LogP contribution in [0.15, 0.2) is 0 Å². The predicted octanol–water partition coefficient (Wildman–Crippen LogP) is 1.45. The Hall–Kier alpha value is -0.120. The minimum atomic E-state index is 0.401. The highest BCUT2D eigenvalue weighted by atomic mass is 16.5. The molecule has 1 aliphatic heterocycles. The van der Waals surface area contributed by atoms with E-state index in [1.807, 2.05) is 0 Å². The van der Waals surface area contributed by atoms with Crippen molar-refractivity contribution in [1.82, 2.24) is 0 Å². The standard InChI is InChI=1S/C11H21NO2/c12-9-7-11(8-9)14-6-2-4-10-3-1-5-13-10/h9-11H,1-8,12H2. The molecule has 3 heteroatoms. The van der Waals surface area contributed by atoms with Crippen LogP contribution in [-0.4, -0.2) is 31.5 Å². The molecule has 2 aliphatic rings. The maximum absolute atomic E-state index is 5.67. The average Bonchev–Trinajstić information content (AvgIpc) is 2.61. The lowest BCUT2D eigenvalue weighted by atomic mass is 9.90. The summed E-state index contributed by atoms with van der Waals surface area (Å²) in [5.41, 5.74) is 5.67. The van der Waals surface area contributed by atoms with E-state index in [1.165, 1.54) is 19.3 Å². The summed E-state index contributed by atoms with van der Waals surface area (Å²) in [6.07, 6.45) is 7.86. The van der Waals surface area contributed by atoms with Crippen LogP contribution in [-0.2, 0) is 9.47 Å². The van der Waals surface area contributed by atoms with Crippen LogP contribution in [0.2, 0.25) is 0 Å². The molecule has 3 nitrogen and oxygen atoms in total. The summed E-state index contributed by atoms with van der Waals surface area (Å²) in [5.74, 6) is 0. The Morgan fingerprint density at radius 1 is 1.36 bits per heavy atom. The zero-order valence-electron chi connectivity index (χ0n) is 8.78. The Morgan fingerprint density at radius 2 is 2.21 bits per heavy atom. The lowest BCUT2D eigenvalue weighted by molar-refractivity contribution is -0.0141. The zero-order chi connectivity index (χ0) is 9.80. The molecule has 0 aromatic heterocycles. The lowest BCUT2D eigenvalue weighted by Crippen LogP contribution is -2.41. The topological polar surface area (TPSA) is 44.5 Å². The largest absolute Gasteiger partial charge is 0.378 e. The third kappa shape index (κ3) is 2.94. The van der Waals surface area contributed by atoms with Gasteiger partial charge in [0.15, 0.2) is 0 Å². The molecule has 0 aromatic rings. The van der Waals surface area contributed by atoms with Gasteiger partial charge in [-0.2, -0.15) is 0 Å². The van der Waals surface area contributed by atoms with Crippen LogP contribution in [0.3, 0.4) is 0 Å². The van der Waals surface area contributed by atoms with Gasteiger partial charge >= 0.3 is 0 Å². The second kappa shape index (κ2) is 5.10. The first-order valence-electron chi connectivity index (χ1n) is 5.83. The van der Waals surface area contributed by atoms with Crippen LogP contribution in [0.1, 0.15) is 38.5 Å². The Balaban J connectivity index is 1.43. The molecule has 0 radical (unpaired) electrons. The van der Waals surface area contributed by atoms with Crippen LogP contribution in [0.5, 0.6) is 0 Å². The van der Waals surface area contributed by atoms with Gasteiger partial charge in [0.05, 0.1) is 12.2 Å². The molecule has 1 aliphatic carbocycles. The average molecular weight is 199 g/mol. The Labute approximate surface area is 85.9 Å². The van der Waals surface area contributed by atoms with Gasteiger partial charge in [-0.15, -0.1) is 0 Å². The number of hydrogen-bond donors (Lipinski definition) is 1. The summed E-state index contributed by atoms with van der Waals surface area (Å²) in [7, 11) is 0. The minimum absolute atomic E-state index is 0.401. The Kier molecular flexibility index (Phi) is 3.79. The third-order valence-electron chi connectivity index (χ3n) is 3.18. The Morgan fingerprint density at radius 3 is 2.86 bits per heavy atom. The summed E-state index contributed by atoms with van der Waals surface area (Å²) >= 11 is 0. The molecular weight excluding hydrogens is 178 g/mol. The van der Waals surface area contributed by atoms with Crippen molar-refractivity contribution in [2.24, 2.45) is 5.73 Å². The van der Waals surface area contributed by atoms with Gasteiger partial charge in [0.1, 0.15) is 0 Å². The fourth-order valence-corrected chi connectivity index (χ4v) is 2.18. The van der Waals surface area contributed by atoms with E-state index in [1.54, 1.807) is 0 Å². The maximum Gasteiger partial charge on any atom is 0.0604 e. The van der Waals surface area contributed by atoms with Crippen LogP contribution in [0, 0.1) is 0 Å². The van der Waals surface area contributed by atoms with Crippen molar-refractivity contribution in [3.8, 4) is 0 Å². The highest BCUT2D eigenvalue weighted by Crippen LogP contribution is 2.22. The number of ether oxygens (including phenoxy) is 2. The van der Waals surface area contributed by atoms with E-state index in [9.17, 15) is 0 Å². The summed E-state index contributed by atoms with van der Waals surface area (Å²) in [4.78, 5) is 0. The summed E-state index contributed by atoms with van der Waals surface area (Å²) in [6.45, 7) is 1.85. The molecule has 1 unspecified atom stereocenters. The molecule has 1 atom stereocenters. The number of nitrogens with two attached hydrogens (primary N) is 1. The molecule has 82 valence electrons. The smallest absolute Gasteiger partial charge is 0.0604 e. The SMILES string of the molecule is NC1CC(OCCCC2CCCO2)C1. The van der Waals surface area contributed by atoms with Gasteiger partial charge in [-0.3, -0.25) is 0 Å². The molecule has 2 N–H and O–H groups in total.